The van der Waals surface area contributed by atoms with E-state index in [1.807, 2.05) is 0 Å². The number of aromatic nitrogens is 2. The van der Waals surface area contributed by atoms with Crippen LogP contribution in [0.5, 0.6) is 0 Å². The highest BCUT2D eigenvalue weighted by Gasteiger charge is 2.25. The highest BCUT2D eigenvalue weighted by atomic mass is 15.0. The number of benzene rings is 9. The molecule has 0 spiro atoms. The van der Waals surface area contributed by atoms with E-state index in [1.54, 1.807) is 0 Å². The largest absolute Gasteiger partial charge is 0.310 e. The van der Waals surface area contributed by atoms with Crippen molar-refractivity contribution >= 4 is 137 Å². The smallest absolute Gasteiger partial charge is 0.141 e. The van der Waals surface area contributed by atoms with E-state index in [9.17, 15) is 0 Å². The first-order valence-corrected chi connectivity index (χ1v) is 22.2. The molecular weight excluding hydrogens is 752 g/mol. The lowest BCUT2D eigenvalue weighted by molar-refractivity contribution is 1.18. The molecular formula is C54H43B7N2. The minimum Gasteiger partial charge on any atom is -0.310 e. The summed E-state index contributed by atoms with van der Waals surface area (Å²) in [6.07, 6.45) is 0. The highest BCUT2D eigenvalue weighted by molar-refractivity contribution is 6.69. The van der Waals surface area contributed by atoms with Crippen LogP contribution in [0, 0.1) is 0 Å². The van der Waals surface area contributed by atoms with Crippen molar-refractivity contribution in [2.75, 3.05) is 0 Å². The Bertz CT molecular complexity index is 3620. The van der Waals surface area contributed by atoms with E-state index >= 15 is 0 Å². The monoisotopic (exact) mass is 796 g/mol. The Hall–Kier alpha value is -6.97. The van der Waals surface area contributed by atoms with Gasteiger partial charge < -0.3 is 9.13 Å². The normalized spacial score (nSPS) is 11.6. The zero-order valence-corrected chi connectivity index (χ0v) is 37.1. The maximum Gasteiger partial charge on any atom is 0.141 e. The van der Waals surface area contributed by atoms with Crippen LogP contribution in [0.1, 0.15) is 0 Å². The Balaban J connectivity index is 1.18. The van der Waals surface area contributed by atoms with Crippen molar-refractivity contribution in [2.24, 2.45) is 0 Å². The van der Waals surface area contributed by atoms with Gasteiger partial charge in [-0.3, -0.25) is 0 Å². The van der Waals surface area contributed by atoms with Gasteiger partial charge in [-0.25, -0.2) is 0 Å². The molecule has 0 unspecified atom stereocenters. The molecule has 9 heteroatoms. The predicted molar refractivity (Wildman–Crippen MR) is 294 cm³/mol. The number of hydrogen-bond acceptors (Lipinski definition) is 0. The van der Waals surface area contributed by atoms with Crippen LogP contribution in [-0.4, -0.2) is 64.1 Å². The summed E-state index contributed by atoms with van der Waals surface area (Å²) in [7, 11) is 16.3. The molecule has 0 fully saturated rings. The lowest BCUT2D eigenvalue weighted by atomic mass is 9.64. The molecule has 0 aliphatic rings. The first kappa shape index (κ1) is 38.9. The van der Waals surface area contributed by atoms with Crippen molar-refractivity contribution < 1.29 is 0 Å². The van der Waals surface area contributed by atoms with Crippen molar-refractivity contribution in [1.29, 1.82) is 0 Å². The van der Waals surface area contributed by atoms with E-state index in [4.69, 9.17) is 0 Å². The molecule has 0 bridgehead atoms. The second-order valence-electron chi connectivity index (χ2n) is 17.5. The van der Waals surface area contributed by atoms with Crippen molar-refractivity contribution in [3.8, 4) is 55.9 Å². The van der Waals surface area contributed by atoms with Gasteiger partial charge in [0, 0.05) is 44.1 Å². The Morgan fingerprint density at radius 1 is 0.286 bits per heavy atom. The van der Waals surface area contributed by atoms with Crippen LogP contribution >= 0.6 is 0 Å². The highest BCUT2D eigenvalue weighted by Crippen LogP contribution is 2.40. The fourth-order valence-corrected chi connectivity index (χ4v) is 10.6. The molecule has 0 saturated heterocycles. The second-order valence-corrected chi connectivity index (χ2v) is 17.5. The quantitative estimate of drug-likeness (QED) is 0.229. The molecule has 290 valence electrons. The standard InChI is InChI=1S/C54H43B7N2/c55-45-42(46(56)50(60)53-43(45)44-47(57)48(58)49(59)51(61)54(44)63(53)36-25-22-32(23-26-36)30-12-4-1-5-13-30)35-24-27-41-40(29-35)39-21-11-20-38(33-16-8-3-9-17-33)52(39)62(41)37-19-10-18-34(28-37)31-14-6-2-7-15-31/h1-29H,55-61H2. The van der Waals surface area contributed by atoms with Crippen LogP contribution in [0.25, 0.3) is 99.5 Å². The summed E-state index contributed by atoms with van der Waals surface area (Å²) in [4.78, 5) is 0. The summed E-state index contributed by atoms with van der Waals surface area (Å²) < 4.78 is 5.06. The second kappa shape index (κ2) is 15.1. The summed E-state index contributed by atoms with van der Waals surface area (Å²) >= 11 is 0. The molecule has 11 aromatic rings. The van der Waals surface area contributed by atoms with Crippen LogP contribution in [0.4, 0.5) is 0 Å². The van der Waals surface area contributed by atoms with E-state index in [1.165, 1.54) is 132 Å². The minimum absolute atomic E-state index is 1.15. The molecule has 63 heavy (non-hydrogen) atoms. The number of fused-ring (bicyclic) bond motifs is 6. The van der Waals surface area contributed by atoms with Gasteiger partial charge in [0.1, 0.15) is 54.9 Å². The first-order chi connectivity index (χ1) is 30.7. The lowest BCUT2D eigenvalue weighted by Crippen LogP contribution is -2.48. The van der Waals surface area contributed by atoms with Gasteiger partial charge in [-0.15, -0.1) is 5.46 Å². The molecule has 2 heterocycles. The maximum atomic E-state index is 2.57. The molecule has 2 nitrogen and oxygen atoms in total. The van der Waals surface area contributed by atoms with E-state index in [0.29, 0.717) is 0 Å². The summed E-state index contributed by atoms with van der Waals surface area (Å²) in [5, 5.41) is 5.22. The SMILES string of the molecule is Bc1c(B)c(B)c2c(c1B)c1c(B)c(-c3ccc4c(c3)c3cccc(-c5ccccc5)c3n4-c3cccc(-c4ccccc4)c3)c(B)c(B)c1n2-c1ccc(-c2ccccc2)cc1. The minimum atomic E-state index is 1.15. The van der Waals surface area contributed by atoms with Crippen molar-refractivity contribution in [1.82, 2.24) is 9.13 Å². The first-order valence-electron chi connectivity index (χ1n) is 22.2. The fraction of sp³-hybridized carbons (Fsp3) is 0. The number of rotatable bonds is 6. The zero-order valence-electron chi connectivity index (χ0n) is 37.1. The summed E-state index contributed by atoms with van der Waals surface area (Å²) in [5.74, 6) is 0. The third-order valence-corrected chi connectivity index (χ3v) is 14.2. The van der Waals surface area contributed by atoms with Gasteiger partial charge in [-0.2, -0.15) is 0 Å². The van der Waals surface area contributed by atoms with Gasteiger partial charge in [0.2, 0.25) is 0 Å². The summed E-state index contributed by atoms with van der Waals surface area (Å²) in [6, 6.07) is 64.5. The Kier molecular flexibility index (Phi) is 9.35. The summed E-state index contributed by atoms with van der Waals surface area (Å²) in [5.41, 5.74) is 26.6. The van der Waals surface area contributed by atoms with Gasteiger partial charge in [0.15, 0.2) is 0 Å². The van der Waals surface area contributed by atoms with Gasteiger partial charge in [0.05, 0.1) is 11.0 Å². The van der Waals surface area contributed by atoms with Crippen molar-refractivity contribution in [3.05, 3.63) is 176 Å². The third-order valence-electron chi connectivity index (χ3n) is 14.2. The molecule has 0 N–H and O–H groups in total. The molecule has 2 aromatic heterocycles. The number of hydrogen-bond donors (Lipinski definition) is 0. The van der Waals surface area contributed by atoms with Crippen LogP contribution in [0.15, 0.2) is 176 Å². The Labute approximate surface area is 375 Å². The molecule has 0 atom stereocenters. The van der Waals surface area contributed by atoms with Crippen LogP contribution < -0.4 is 38.2 Å². The zero-order chi connectivity index (χ0) is 43.1. The molecule has 11 rings (SSSR count). The van der Waals surface area contributed by atoms with Crippen molar-refractivity contribution in [3.63, 3.8) is 0 Å². The summed E-state index contributed by atoms with van der Waals surface area (Å²) in [6.45, 7) is 0. The van der Waals surface area contributed by atoms with Gasteiger partial charge in [0.25, 0.3) is 0 Å². The van der Waals surface area contributed by atoms with E-state index < -0.39 is 0 Å². The predicted octanol–water partition coefficient (Wildman–Crippen LogP) is 2.36. The molecule has 0 saturated carbocycles. The van der Waals surface area contributed by atoms with Gasteiger partial charge in [-0.05, 0) is 80.7 Å². The van der Waals surface area contributed by atoms with Crippen LogP contribution in [0.2, 0.25) is 0 Å². The molecule has 9 aromatic carbocycles. The molecule has 0 aliphatic carbocycles. The third kappa shape index (κ3) is 6.04. The van der Waals surface area contributed by atoms with Crippen molar-refractivity contribution in [2.45, 2.75) is 0 Å². The fourth-order valence-electron chi connectivity index (χ4n) is 10.6. The lowest BCUT2D eigenvalue weighted by Gasteiger charge is -2.19. The average molecular weight is 796 g/mol. The Morgan fingerprint density at radius 2 is 0.810 bits per heavy atom. The topological polar surface area (TPSA) is 9.86 Å². The number of para-hydroxylation sites is 1. The molecule has 0 aliphatic heterocycles. The van der Waals surface area contributed by atoms with Crippen LogP contribution in [0.3, 0.4) is 0 Å². The van der Waals surface area contributed by atoms with Gasteiger partial charge in [-0.1, -0.05) is 172 Å². The maximum absolute atomic E-state index is 2.57. The molecule has 0 amide bonds. The van der Waals surface area contributed by atoms with E-state index in [0.717, 1.165) is 5.69 Å². The van der Waals surface area contributed by atoms with E-state index in [-0.39, 0.29) is 0 Å². The average Bonchev–Trinajstić information content (AvgIpc) is 3.87. The van der Waals surface area contributed by atoms with Gasteiger partial charge >= 0.3 is 0 Å². The van der Waals surface area contributed by atoms with Crippen LogP contribution in [-0.2, 0) is 0 Å². The molecule has 0 radical (unpaired) electrons. The Morgan fingerprint density at radius 3 is 1.48 bits per heavy atom. The number of nitrogens with zero attached hydrogens (tertiary/aromatic N) is 2. The van der Waals surface area contributed by atoms with E-state index in [2.05, 4.69) is 240 Å².